The van der Waals surface area contributed by atoms with E-state index in [9.17, 15) is 0 Å². The van der Waals surface area contributed by atoms with Crippen LogP contribution in [0, 0.1) is 11.8 Å². The first kappa shape index (κ1) is 19.2. The second-order valence-corrected chi connectivity index (χ2v) is 7.86. The van der Waals surface area contributed by atoms with Crippen LogP contribution in [0.15, 0.2) is 12.1 Å². The Bertz CT molecular complexity index is 1000. The van der Waals surface area contributed by atoms with Crippen molar-refractivity contribution in [1.82, 2.24) is 0 Å². The molecular formula is C23H26O7. The molecule has 0 aromatic heterocycles. The van der Waals surface area contributed by atoms with Gasteiger partial charge in [-0.25, -0.2) is 0 Å². The number of methoxy groups -OCH3 is 4. The summed E-state index contributed by atoms with van der Waals surface area (Å²) in [5.74, 6) is 4.40. The maximum absolute atomic E-state index is 6.30. The molecule has 0 spiro atoms. The van der Waals surface area contributed by atoms with Crippen LogP contribution in [0.2, 0.25) is 0 Å². The highest BCUT2D eigenvalue weighted by Crippen LogP contribution is 2.59. The van der Waals surface area contributed by atoms with Gasteiger partial charge in [-0.15, -0.1) is 0 Å². The molecule has 2 bridgehead atoms. The molecule has 160 valence electrons. The fraction of sp³-hybridized carbons (Fsp3) is 0.478. The Balaban J connectivity index is 1.92. The summed E-state index contributed by atoms with van der Waals surface area (Å²) >= 11 is 0. The van der Waals surface area contributed by atoms with Gasteiger partial charge >= 0.3 is 0 Å². The zero-order chi connectivity index (χ0) is 21.0. The van der Waals surface area contributed by atoms with Gasteiger partial charge in [0.05, 0.1) is 41.2 Å². The Labute approximate surface area is 175 Å². The average Bonchev–Trinajstić information content (AvgIpc) is 3.38. The summed E-state index contributed by atoms with van der Waals surface area (Å²) < 4.78 is 40.9. The Hall–Kier alpha value is -2.80. The second kappa shape index (κ2) is 7.16. The van der Waals surface area contributed by atoms with Gasteiger partial charge in [-0.3, -0.25) is 0 Å². The van der Waals surface area contributed by atoms with Crippen molar-refractivity contribution in [2.75, 3.05) is 41.8 Å². The molecule has 3 atom stereocenters. The lowest BCUT2D eigenvalue weighted by molar-refractivity contribution is 0.0935. The van der Waals surface area contributed by atoms with E-state index in [1.54, 1.807) is 28.4 Å². The third-order valence-electron chi connectivity index (χ3n) is 6.52. The molecule has 2 heterocycles. The Morgan fingerprint density at radius 1 is 0.867 bits per heavy atom. The summed E-state index contributed by atoms with van der Waals surface area (Å²) in [5, 5.41) is 0. The molecule has 0 saturated carbocycles. The van der Waals surface area contributed by atoms with Gasteiger partial charge in [0.15, 0.2) is 23.0 Å². The van der Waals surface area contributed by atoms with Crippen molar-refractivity contribution in [3.05, 3.63) is 23.3 Å². The molecule has 7 heteroatoms. The van der Waals surface area contributed by atoms with Crippen LogP contribution in [0.4, 0.5) is 0 Å². The summed E-state index contributed by atoms with van der Waals surface area (Å²) in [6.45, 7) is 3.11. The van der Waals surface area contributed by atoms with Crippen molar-refractivity contribution in [3.63, 3.8) is 0 Å². The molecular weight excluding hydrogens is 388 g/mol. The third-order valence-corrected chi connectivity index (χ3v) is 6.52. The molecule has 3 aliphatic rings. The largest absolute Gasteiger partial charge is 0.493 e. The van der Waals surface area contributed by atoms with Crippen molar-refractivity contribution in [1.29, 1.82) is 0 Å². The standard InChI is InChI=1S/C23H26O7/c1-11-13-6-12-7-16-21(30-10-29-16)22(26-4)17(12)18-14(19(11)28-9-13)8-15(24-2)20(25-3)23(18)27-5/h7-8,11,13,19H,6,9-10H2,1-5H3/t11-,13+,19-/m1/s1. The van der Waals surface area contributed by atoms with Gasteiger partial charge in [0, 0.05) is 11.1 Å². The number of fused-ring (bicyclic) bond motifs is 7. The number of hydrogen-bond acceptors (Lipinski definition) is 7. The zero-order valence-corrected chi connectivity index (χ0v) is 17.9. The number of ether oxygens (including phenoxy) is 7. The summed E-state index contributed by atoms with van der Waals surface area (Å²) in [4.78, 5) is 0. The molecule has 2 aromatic rings. The van der Waals surface area contributed by atoms with E-state index in [-0.39, 0.29) is 12.9 Å². The van der Waals surface area contributed by atoms with Crippen molar-refractivity contribution < 1.29 is 33.2 Å². The van der Waals surface area contributed by atoms with Crippen molar-refractivity contribution in [2.45, 2.75) is 19.4 Å². The van der Waals surface area contributed by atoms with E-state index in [1.165, 1.54) is 0 Å². The molecule has 0 amide bonds. The minimum absolute atomic E-state index is 0.0815. The number of hydrogen-bond donors (Lipinski definition) is 0. The normalized spacial score (nSPS) is 23.2. The highest BCUT2D eigenvalue weighted by atomic mass is 16.7. The molecule has 0 unspecified atom stereocenters. The summed E-state index contributed by atoms with van der Waals surface area (Å²) in [5.41, 5.74) is 3.93. The first-order valence-electron chi connectivity index (χ1n) is 10.1. The molecule has 1 fully saturated rings. The molecule has 7 nitrogen and oxygen atoms in total. The molecule has 0 radical (unpaired) electrons. The molecule has 5 rings (SSSR count). The molecule has 1 saturated heterocycles. The molecule has 0 N–H and O–H groups in total. The summed E-state index contributed by atoms with van der Waals surface area (Å²) in [6, 6.07) is 4.06. The molecule has 30 heavy (non-hydrogen) atoms. The number of rotatable bonds is 4. The van der Waals surface area contributed by atoms with Gasteiger partial charge in [-0.2, -0.15) is 0 Å². The van der Waals surface area contributed by atoms with Crippen molar-refractivity contribution >= 4 is 0 Å². The zero-order valence-electron chi connectivity index (χ0n) is 17.9. The van der Waals surface area contributed by atoms with E-state index in [0.29, 0.717) is 52.9 Å². The van der Waals surface area contributed by atoms with E-state index < -0.39 is 0 Å². The van der Waals surface area contributed by atoms with Crippen LogP contribution in [0.3, 0.4) is 0 Å². The molecule has 2 aliphatic heterocycles. The first-order chi connectivity index (χ1) is 14.6. The van der Waals surface area contributed by atoms with E-state index in [4.69, 9.17) is 33.2 Å². The predicted octanol–water partition coefficient (Wildman–Crippen LogP) is 4.00. The van der Waals surface area contributed by atoms with Crippen LogP contribution < -0.4 is 28.4 Å². The highest BCUT2D eigenvalue weighted by molar-refractivity contribution is 5.89. The van der Waals surface area contributed by atoms with Gasteiger partial charge in [-0.1, -0.05) is 6.92 Å². The number of benzene rings is 2. The van der Waals surface area contributed by atoms with Crippen LogP contribution in [-0.2, 0) is 11.2 Å². The van der Waals surface area contributed by atoms with Gasteiger partial charge < -0.3 is 33.2 Å². The Morgan fingerprint density at radius 3 is 2.33 bits per heavy atom. The van der Waals surface area contributed by atoms with Crippen molar-refractivity contribution in [2.24, 2.45) is 11.8 Å². The second-order valence-electron chi connectivity index (χ2n) is 7.86. The lowest BCUT2D eigenvalue weighted by Crippen LogP contribution is -2.18. The Morgan fingerprint density at radius 2 is 1.63 bits per heavy atom. The maximum atomic E-state index is 6.30. The summed E-state index contributed by atoms with van der Waals surface area (Å²) in [7, 11) is 6.52. The van der Waals surface area contributed by atoms with Gasteiger partial charge in [0.2, 0.25) is 18.3 Å². The fourth-order valence-corrected chi connectivity index (χ4v) is 5.03. The average molecular weight is 414 g/mol. The van der Waals surface area contributed by atoms with Crippen LogP contribution in [0.25, 0.3) is 11.1 Å². The highest BCUT2D eigenvalue weighted by Gasteiger charge is 2.43. The quantitative estimate of drug-likeness (QED) is 0.749. The van der Waals surface area contributed by atoms with Crippen LogP contribution in [0.5, 0.6) is 34.5 Å². The van der Waals surface area contributed by atoms with Gasteiger partial charge in [0.25, 0.3) is 0 Å². The lowest BCUT2D eigenvalue weighted by Gasteiger charge is -2.30. The maximum Gasteiger partial charge on any atom is 0.231 e. The first-order valence-corrected chi connectivity index (χ1v) is 10.1. The smallest absolute Gasteiger partial charge is 0.231 e. The van der Waals surface area contributed by atoms with Gasteiger partial charge in [-0.05, 0) is 41.5 Å². The van der Waals surface area contributed by atoms with E-state index in [2.05, 4.69) is 13.0 Å². The van der Waals surface area contributed by atoms with E-state index in [0.717, 1.165) is 28.7 Å². The fourth-order valence-electron chi connectivity index (χ4n) is 5.03. The van der Waals surface area contributed by atoms with Crippen LogP contribution >= 0.6 is 0 Å². The predicted molar refractivity (Wildman–Crippen MR) is 109 cm³/mol. The SMILES string of the molecule is COc1cc2c(c(OC)c1OC)-c1c(cc3c(c1OC)OCO3)C[C@H]1CO[C@@H]2[C@@H]1C. The third kappa shape index (κ3) is 2.54. The van der Waals surface area contributed by atoms with Crippen LogP contribution in [0.1, 0.15) is 24.2 Å². The van der Waals surface area contributed by atoms with Gasteiger partial charge in [0.1, 0.15) is 0 Å². The van der Waals surface area contributed by atoms with Crippen molar-refractivity contribution in [3.8, 4) is 45.6 Å². The minimum atomic E-state index is -0.0815. The van der Waals surface area contributed by atoms with E-state index in [1.807, 2.05) is 6.07 Å². The van der Waals surface area contributed by atoms with E-state index >= 15 is 0 Å². The van der Waals surface area contributed by atoms with Crippen LogP contribution in [-0.4, -0.2) is 41.8 Å². The lowest BCUT2D eigenvalue weighted by atomic mass is 9.77. The Kier molecular flexibility index (Phi) is 4.58. The summed E-state index contributed by atoms with van der Waals surface area (Å²) in [6.07, 6.45) is 0.763. The monoisotopic (exact) mass is 414 g/mol. The molecule has 2 aromatic carbocycles. The minimum Gasteiger partial charge on any atom is -0.493 e. The molecule has 1 aliphatic carbocycles. The topological polar surface area (TPSA) is 64.6 Å².